The van der Waals surface area contributed by atoms with Crippen molar-refractivity contribution in [3.8, 4) is 0 Å². The number of nitro groups is 1. The zero-order valence-corrected chi connectivity index (χ0v) is 13.9. The number of Topliss-reactive ketones (excluding diaryl/α,β-unsaturated/α-hetero) is 1. The minimum Gasteiger partial charge on any atom is -0.451 e. The van der Waals surface area contributed by atoms with Gasteiger partial charge in [-0.2, -0.15) is 0 Å². The summed E-state index contributed by atoms with van der Waals surface area (Å²) >= 11 is 11.4. The van der Waals surface area contributed by atoms with Crippen molar-refractivity contribution >= 4 is 40.6 Å². The summed E-state index contributed by atoms with van der Waals surface area (Å²) < 4.78 is 5.07. The first-order valence-corrected chi connectivity index (χ1v) is 7.50. The van der Waals surface area contributed by atoms with Crippen LogP contribution in [0, 0.1) is 10.1 Å². The van der Waals surface area contributed by atoms with Crippen molar-refractivity contribution in [1.29, 1.82) is 0 Å². The number of ether oxygens (including phenoxy) is 1. The molecule has 0 aliphatic carbocycles. The highest BCUT2D eigenvalue weighted by Gasteiger charge is 2.22. The molecule has 0 aliphatic heterocycles. The fourth-order valence-electron chi connectivity index (χ4n) is 1.91. The standard InChI is InChI=1S/C16H11Cl2NO5/c1-9(15(20)10-2-5-12(17)6-3-10)24-16(21)11-4-7-13(18)14(8-11)19(22)23/h2-9H,1H3/t9-/m0/s1. The van der Waals surface area contributed by atoms with E-state index in [0.29, 0.717) is 10.6 Å². The van der Waals surface area contributed by atoms with Gasteiger partial charge in [0.15, 0.2) is 6.10 Å². The number of carbonyl (C=O) groups excluding carboxylic acids is 2. The highest BCUT2D eigenvalue weighted by Crippen LogP contribution is 2.25. The zero-order valence-electron chi connectivity index (χ0n) is 12.4. The number of hydrogen-bond donors (Lipinski definition) is 0. The number of ketones is 1. The molecular weight excluding hydrogens is 357 g/mol. The molecule has 0 saturated heterocycles. The van der Waals surface area contributed by atoms with E-state index >= 15 is 0 Å². The van der Waals surface area contributed by atoms with E-state index in [0.717, 1.165) is 6.07 Å². The quantitative estimate of drug-likeness (QED) is 0.339. The third kappa shape index (κ3) is 4.10. The number of rotatable bonds is 5. The molecule has 124 valence electrons. The van der Waals surface area contributed by atoms with Crippen LogP contribution in [0.25, 0.3) is 0 Å². The van der Waals surface area contributed by atoms with E-state index in [-0.39, 0.29) is 10.6 Å². The Bertz CT molecular complexity index is 805. The molecule has 6 nitrogen and oxygen atoms in total. The van der Waals surface area contributed by atoms with Crippen LogP contribution in [0.3, 0.4) is 0 Å². The maximum Gasteiger partial charge on any atom is 0.339 e. The van der Waals surface area contributed by atoms with Crippen LogP contribution in [0.2, 0.25) is 10.0 Å². The average molecular weight is 368 g/mol. The highest BCUT2D eigenvalue weighted by atomic mass is 35.5. The molecule has 0 aromatic heterocycles. The normalized spacial score (nSPS) is 11.6. The van der Waals surface area contributed by atoms with Crippen molar-refractivity contribution in [2.24, 2.45) is 0 Å². The van der Waals surface area contributed by atoms with Gasteiger partial charge in [0.1, 0.15) is 5.02 Å². The van der Waals surface area contributed by atoms with Gasteiger partial charge in [-0.15, -0.1) is 0 Å². The van der Waals surface area contributed by atoms with Gasteiger partial charge in [-0.05, 0) is 43.3 Å². The van der Waals surface area contributed by atoms with Crippen LogP contribution in [-0.4, -0.2) is 22.8 Å². The van der Waals surface area contributed by atoms with Crippen molar-refractivity contribution in [3.05, 3.63) is 73.8 Å². The first-order valence-electron chi connectivity index (χ1n) is 6.74. The minimum atomic E-state index is -1.06. The maximum atomic E-state index is 12.2. The SMILES string of the molecule is C[C@H](OC(=O)c1ccc(Cl)c([N+](=O)[O-])c1)C(=O)c1ccc(Cl)cc1. The van der Waals surface area contributed by atoms with Gasteiger partial charge in [0, 0.05) is 16.7 Å². The van der Waals surface area contributed by atoms with Crippen LogP contribution >= 0.6 is 23.2 Å². The van der Waals surface area contributed by atoms with Crippen molar-refractivity contribution in [3.63, 3.8) is 0 Å². The number of benzene rings is 2. The zero-order chi connectivity index (χ0) is 17.9. The van der Waals surface area contributed by atoms with Crippen molar-refractivity contribution < 1.29 is 19.2 Å². The van der Waals surface area contributed by atoms with E-state index < -0.39 is 28.5 Å². The molecule has 2 aromatic rings. The van der Waals surface area contributed by atoms with Gasteiger partial charge in [0.05, 0.1) is 10.5 Å². The van der Waals surface area contributed by atoms with E-state index in [4.69, 9.17) is 27.9 Å². The molecule has 0 radical (unpaired) electrons. The predicted molar refractivity (Wildman–Crippen MR) is 88.8 cm³/mol. The molecule has 1 atom stereocenters. The summed E-state index contributed by atoms with van der Waals surface area (Å²) in [6, 6.07) is 9.64. The number of esters is 1. The lowest BCUT2D eigenvalue weighted by molar-refractivity contribution is -0.384. The lowest BCUT2D eigenvalue weighted by atomic mass is 10.1. The Morgan fingerprint density at radius 3 is 2.25 bits per heavy atom. The smallest absolute Gasteiger partial charge is 0.339 e. The Balaban J connectivity index is 2.14. The summed E-state index contributed by atoms with van der Waals surface area (Å²) in [5, 5.41) is 11.2. The van der Waals surface area contributed by atoms with E-state index in [9.17, 15) is 19.7 Å². The van der Waals surface area contributed by atoms with E-state index in [2.05, 4.69) is 0 Å². The molecule has 0 aliphatic rings. The molecule has 0 unspecified atom stereocenters. The second-order valence-electron chi connectivity index (χ2n) is 4.84. The Morgan fingerprint density at radius 1 is 1.08 bits per heavy atom. The molecule has 24 heavy (non-hydrogen) atoms. The van der Waals surface area contributed by atoms with Gasteiger partial charge in [-0.25, -0.2) is 4.79 Å². The second kappa shape index (κ2) is 7.42. The minimum absolute atomic E-state index is 0.0677. The summed E-state index contributed by atoms with van der Waals surface area (Å²) in [6.45, 7) is 1.42. The number of halogens is 2. The van der Waals surface area contributed by atoms with Gasteiger partial charge in [0.2, 0.25) is 5.78 Å². The van der Waals surface area contributed by atoms with E-state index in [1.807, 2.05) is 0 Å². The fourth-order valence-corrected chi connectivity index (χ4v) is 2.22. The van der Waals surface area contributed by atoms with Gasteiger partial charge in [-0.1, -0.05) is 23.2 Å². The van der Waals surface area contributed by atoms with Gasteiger partial charge < -0.3 is 4.74 Å². The molecule has 0 saturated carbocycles. The topological polar surface area (TPSA) is 86.5 Å². The number of nitro benzene ring substituents is 1. The first kappa shape index (κ1) is 17.9. The van der Waals surface area contributed by atoms with E-state index in [1.54, 1.807) is 12.1 Å². The lowest BCUT2D eigenvalue weighted by Crippen LogP contribution is -2.24. The average Bonchev–Trinajstić information content (AvgIpc) is 2.54. The van der Waals surface area contributed by atoms with Gasteiger partial charge >= 0.3 is 5.97 Å². The molecule has 0 bridgehead atoms. The molecule has 0 heterocycles. The second-order valence-corrected chi connectivity index (χ2v) is 5.69. The summed E-state index contributed by atoms with van der Waals surface area (Å²) in [4.78, 5) is 34.4. The van der Waals surface area contributed by atoms with Crippen LogP contribution in [0.15, 0.2) is 42.5 Å². The van der Waals surface area contributed by atoms with Gasteiger partial charge in [0.25, 0.3) is 5.69 Å². The number of carbonyl (C=O) groups is 2. The molecule has 2 aromatic carbocycles. The summed E-state index contributed by atoms with van der Waals surface area (Å²) in [6.07, 6.45) is -1.06. The molecule has 0 fully saturated rings. The number of hydrogen-bond acceptors (Lipinski definition) is 5. The predicted octanol–water partition coefficient (Wildman–Crippen LogP) is 4.33. The fraction of sp³-hybridized carbons (Fsp3) is 0.125. The largest absolute Gasteiger partial charge is 0.451 e. The third-order valence-electron chi connectivity index (χ3n) is 3.16. The maximum absolute atomic E-state index is 12.2. The molecule has 2 rings (SSSR count). The van der Waals surface area contributed by atoms with Crippen molar-refractivity contribution in [2.75, 3.05) is 0 Å². The molecule has 8 heteroatoms. The van der Waals surface area contributed by atoms with Crippen LogP contribution < -0.4 is 0 Å². The number of nitrogens with zero attached hydrogens (tertiary/aromatic N) is 1. The summed E-state index contributed by atoms with van der Waals surface area (Å²) in [5.41, 5.74) is -0.147. The van der Waals surface area contributed by atoms with Gasteiger partial charge in [-0.3, -0.25) is 14.9 Å². The summed E-state index contributed by atoms with van der Waals surface area (Å²) in [7, 11) is 0. The Labute approximate surface area is 147 Å². The van der Waals surface area contributed by atoms with E-state index in [1.165, 1.54) is 31.2 Å². The van der Waals surface area contributed by atoms with Crippen LogP contribution in [0.4, 0.5) is 5.69 Å². The Morgan fingerprint density at radius 2 is 1.67 bits per heavy atom. The molecule has 0 amide bonds. The Hall–Kier alpha value is -2.44. The van der Waals surface area contributed by atoms with Crippen molar-refractivity contribution in [1.82, 2.24) is 0 Å². The monoisotopic (exact) mass is 367 g/mol. The van der Waals surface area contributed by atoms with Crippen LogP contribution in [0.5, 0.6) is 0 Å². The molecule has 0 spiro atoms. The van der Waals surface area contributed by atoms with Crippen LogP contribution in [-0.2, 0) is 4.74 Å². The molecular formula is C16H11Cl2NO5. The third-order valence-corrected chi connectivity index (χ3v) is 3.73. The van der Waals surface area contributed by atoms with Crippen LogP contribution in [0.1, 0.15) is 27.6 Å². The lowest BCUT2D eigenvalue weighted by Gasteiger charge is -2.12. The van der Waals surface area contributed by atoms with Crippen molar-refractivity contribution in [2.45, 2.75) is 13.0 Å². The first-order chi connectivity index (χ1) is 11.3. The Kier molecular flexibility index (Phi) is 5.54. The summed E-state index contributed by atoms with van der Waals surface area (Å²) in [5.74, 6) is -1.27. The highest BCUT2D eigenvalue weighted by molar-refractivity contribution is 6.32. The molecule has 0 N–H and O–H groups in total.